The Morgan fingerprint density at radius 3 is 2.61 bits per heavy atom. The maximum Gasteiger partial charge on any atom is 0.265 e. The molecule has 11 heteroatoms. The first kappa shape index (κ1) is 26.5. The van der Waals surface area contributed by atoms with Gasteiger partial charge in [-0.15, -0.1) is 0 Å². The molecule has 0 aliphatic carbocycles. The maximum absolute atomic E-state index is 13.3. The topological polar surface area (TPSA) is 77.1 Å². The molecule has 0 radical (unpaired) electrons. The molecule has 2 aliphatic heterocycles. The van der Waals surface area contributed by atoms with Crippen LogP contribution in [0.3, 0.4) is 0 Å². The van der Waals surface area contributed by atoms with E-state index in [0.717, 1.165) is 30.9 Å². The number of hydrogen-bond acceptors (Lipinski definition) is 8. The Morgan fingerprint density at radius 2 is 1.89 bits per heavy atom. The van der Waals surface area contributed by atoms with Crippen molar-refractivity contribution in [3.8, 4) is 0 Å². The molecule has 3 heterocycles. The number of fused-ring (bicyclic) bond motifs is 1. The highest BCUT2D eigenvalue weighted by Crippen LogP contribution is 2.37. The molecule has 1 atom stereocenters. The van der Waals surface area contributed by atoms with E-state index in [1.807, 2.05) is 18.0 Å². The second-order valence-corrected chi connectivity index (χ2v) is 10.6. The molecule has 2 aromatic carbocycles. The lowest BCUT2D eigenvalue weighted by molar-refractivity contribution is 0.0982. The van der Waals surface area contributed by atoms with Crippen molar-refractivity contribution in [1.82, 2.24) is 14.9 Å². The second kappa shape index (κ2) is 10.9. The summed E-state index contributed by atoms with van der Waals surface area (Å²) in [6, 6.07) is 11.9. The summed E-state index contributed by atoms with van der Waals surface area (Å²) in [7, 11) is 5.73. The van der Waals surface area contributed by atoms with Crippen LogP contribution in [0.5, 0.6) is 0 Å². The molecule has 1 aromatic heterocycles. The Balaban J connectivity index is 1.39. The molecule has 1 saturated heterocycles. The minimum atomic E-state index is -0.257. The van der Waals surface area contributed by atoms with Gasteiger partial charge in [0, 0.05) is 63.0 Å². The summed E-state index contributed by atoms with van der Waals surface area (Å²) >= 11 is 12.8. The number of nitrogens with zero attached hydrogens (tertiary/aromatic N) is 6. The molecule has 0 bridgehead atoms. The maximum atomic E-state index is 13.3. The van der Waals surface area contributed by atoms with Crippen LogP contribution in [0.25, 0.3) is 0 Å². The van der Waals surface area contributed by atoms with E-state index in [-0.39, 0.29) is 12.6 Å². The van der Waals surface area contributed by atoms with Crippen molar-refractivity contribution >= 4 is 57.9 Å². The minimum absolute atomic E-state index is 0.252. The van der Waals surface area contributed by atoms with Crippen LogP contribution in [0.15, 0.2) is 42.6 Å². The monoisotopic (exact) mass is 555 g/mol. The average Bonchev–Trinajstić information content (AvgIpc) is 2.89. The van der Waals surface area contributed by atoms with E-state index in [9.17, 15) is 4.79 Å². The fourth-order valence-corrected chi connectivity index (χ4v) is 5.52. The first-order valence-electron chi connectivity index (χ1n) is 12.4. The lowest BCUT2D eigenvalue weighted by atomic mass is 10.1. The second-order valence-electron chi connectivity index (χ2n) is 9.75. The fraction of sp³-hybridized carbons (Fsp3) is 0.370. The number of nitrogens with one attached hydrogen (secondary N) is 1. The Labute approximate surface area is 232 Å². The molecule has 0 spiro atoms. The van der Waals surface area contributed by atoms with Gasteiger partial charge in [0.25, 0.3) is 5.91 Å². The van der Waals surface area contributed by atoms with Crippen molar-refractivity contribution < 1.29 is 9.53 Å². The van der Waals surface area contributed by atoms with Crippen LogP contribution < -0.4 is 20.0 Å². The van der Waals surface area contributed by atoms with Gasteiger partial charge in [-0.05, 0) is 44.3 Å². The Morgan fingerprint density at radius 1 is 1.13 bits per heavy atom. The molecular formula is C27H31Cl2N7O2. The van der Waals surface area contributed by atoms with Gasteiger partial charge in [0.05, 0.1) is 29.0 Å². The van der Waals surface area contributed by atoms with Gasteiger partial charge in [-0.3, -0.25) is 9.69 Å². The summed E-state index contributed by atoms with van der Waals surface area (Å²) in [6.45, 7) is 5.94. The van der Waals surface area contributed by atoms with E-state index < -0.39 is 0 Å². The smallest absolute Gasteiger partial charge is 0.265 e. The normalized spacial score (nSPS) is 18.1. The molecule has 0 saturated carbocycles. The first-order valence-corrected chi connectivity index (χ1v) is 13.2. The number of methoxy groups -OCH3 is 1. The first-order chi connectivity index (χ1) is 18.3. The van der Waals surface area contributed by atoms with Crippen molar-refractivity contribution in [3.05, 3.63) is 63.8 Å². The van der Waals surface area contributed by atoms with Gasteiger partial charge in [-0.2, -0.15) is 4.98 Å². The van der Waals surface area contributed by atoms with Gasteiger partial charge < -0.3 is 24.8 Å². The highest BCUT2D eigenvalue weighted by atomic mass is 35.5. The van der Waals surface area contributed by atoms with Crippen LogP contribution >= 0.6 is 23.2 Å². The molecule has 1 unspecified atom stereocenters. The zero-order valence-electron chi connectivity index (χ0n) is 21.9. The third-order valence-corrected chi connectivity index (χ3v) is 7.71. The number of hydrogen-bond donors (Lipinski definition) is 1. The van der Waals surface area contributed by atoms with Gasteiger partial charge in [-0.25, -0.2) is 4.98 Å². The predicted molar refractivity (Wildman–Crippen MR) is 153 cm³/mol. The summed E-state index contributed by atoms with van der Waals surface area (Å²) in [5, 5.41) is 4.11. The number of aromatic nitrogens is 2. The van der Waals surface area contributed by atoms with Gasteiger partial charge in [0.2, 0.25) is 5.95 Å². The highest BCUT2D eigenvalue weighted by Gasteiger charge is 2.33. The third-order valence-electron chi connectivity index (χ3n) is 7.10. The van der Waals surface area contributed by atoms with Crippen LogP contribution in [0.2, 0.25) is 10.0 Å². The number of carbonyl (C=O) groups is 1. The molecular weight excluding hydrogens is 525 g/mol. The van der Waals surface area contributed by atoms with Crippen molar-refractivity contribution in [2.24, 2.45) is 0 Å². The number of halogens is 2. The minimum Gasteiger partial charge on any atom is -0.380 e. The van der Waals surface area contributed by atoms with Gasteiger partial charge >= 0.3 is 0 Å². The van der Waals surface area contributed by atoms with Crippen molar-refractivity contribution in [3.63, 3.8) is 0 Å². The van der Waals surface area contributed by atoms with Gasteiger partial charge in [0.1, 0.15) is 11.4 Å². The summed E-state index contributed by atoms with van der Waals surface area (Å²) in [5.74, 6) is 0.678. The SMILES string of the molecule is COCc1cc(Nc2ncc3c(n2)N(C)CN(c2c(Cl)cccc2Cl)C3=O)ccc1N1CCN(C)C(C)C1. The molecule has 1 amide bonds. The zero-order valence-corrected chi connectivity index (χ0v) is 23.4. The molecule has 5 rings (SSSR count). The number of piperazine rings is 1. The lowest BCUT2D eigenvalue weighted by Crippen LogP contribution is -2.50. The number of ether oxygens (including phenoxy) is 1. The Kier molecular flexibility index (Phi) is 7.63. The van der Waals surface area contributed by atoms with E-state index >= 15 is 0 Å². The molecule has 200 valence electrons. The molecule has 9 nitrogen and oxygen atoms in total. The summed E-state index contributed by atoms with van der Waals surface area (Å²) in [6.07, 6.45) is 1.54. The highest BCUT2D eigenvalue weighted by molar-refractivity contribution is 6.40. The number of benzene rings is 2. The quantitative estimate of drug-likeness (QED) is 0.461. The van der Waals surface area contributed by atoms with Gasteiger partial charge in [0.15, 0.2) is 0 Å². The van der Waals surface area contributed by atoms with E-state index in [4.69, 9.17) is 27.9 Å². The predicted octanol–water partition coefficient (Wildman–Crippen LogP) is 4.87. The average molecular weight is 556 g/mol. The van der Waals surface area contributed by atoms with Crippen LogP contribution in [0, 0.1) is 0 Å². The van der Waals surface area contributed by atoms with Crippen molar-refractivity contribution in [1.29, 1.82) is 0 Å². The molecule has 2 aliphatic rings. The number of rotatable bonds is 6. The van der Waals surface area contributed by atoms with E-state index in [1.165, 1.54) is 11.9 Å². The van der Waals surface area contributed by atoms with E-state index in [1.54, 1.807) is 30.2 Å². The van der Waals surface area contributed by atoms with Crippen LogP contribution in [0.1, 0.15) is 22.8 Å². The van der Waals surface area contributed by atoms with E-state index in [2.05, 4.69) is 51.2 Å². The Hall–Kier alpha value is -3.11. The fourth-order valence-electron chi connectivity index (χ4n) is 4.92. The largest absolute Gasteiger partial charge is 0.380 e. The third kappa shape index (κ3) is 5.11. The molecule has 3 aromatic rings. The number of amides is 1. The summed E-state index contributed by atoms with van der Waals surface area (Å²) in [5.41, 5.74) is 3.96. The Bertz CT molecular complexity index is 1330. The standard InChI is InChI=1S/C27H31Cl2N7O2/c1-17-14-35(11-10-33(17)2)23-9-8-19(12-18(23)15-38-4)31-27-30-13-20-25(32-27)34(3)16-36(26(20)37)24-21(28)6-5-7-22(24)29/h5-9,12-13,17H,10-11,14-16H2,1-4H3,(H,30,31,32). The van der Waals surface area contributed by atoms with Crippen molar-refractivity contribution in [2.75, 3.05) is 67.5 Å². The summed E-state index contributed by atoms with van der Waals surface area (Å²) in [4.78, 5) is 30.6. The zero-order chi connectivity index (χ0) is 27.0. The number of carbonyl (C=O) groups excluding carboxylic acids is 1. The van der Waals surface area contributed by atoms with Crippen LogP contribution in [-0.2, 0) is 11.3 Å². The number of likely N-dealkylation sites (N-methyl/N-ethyl adjacent to an activating group) is 1. The van der Waals surface area contributed by atoms with Crippen LogP contribution in [-0.4, -0.2) is 74.3 Å². The van der Waals surface area contributed by atoms with Crippen LogP contribution in [0.4, 0.5) is 28.8 Å². The van der Waals surface area contributed by atoms with Gasteiger partial charge in [-0.1, -0.05) is 29.3 Å². The number of para-hydroxylation sites is 1. The number of anilines is 5. The van der Waals surface area contributed by atoms with E-state index in [0.29, 0.717) is 45.7 Å². The molecule has 1 N–H and O–H groups in total. The molecule has 1 fully saturated rings. The summed E-state index contributed by atoms with van der Waals surface area (Å²) < 4.78 is 5.51. The van der Waals surface area contributed by atoms with Crippen molar-refractivity contribution in [2.45, 2.75) is 19.6 Å². The molecule has 38 heavy (non-hydrogen) atoms. The lowest BCUT2D eigenvalue weighted by Gasteiger charge is -2.39.